The first kappa shape index (κ1) is 15.3. The second-order valence-electron chi connectivity index (χ2n) is 5.61. The van der Waals surface area contributed by atoms with Crippen LogP contribution in [0.4, 0.5) is 0 Å². The summed E-state index contributed by atoms with van der Waals surface area (Å²) in [6.45, 7) is 1.90. The topological polar surface area (TPSA) is 51.2 Å². The number of rotatable bonds is 4. The summed E-state index contributed by atoms with van der Waals surface area (Å²) in [4.78, 5) is 11.5. The molecule has 0 heterocycles. The Kier molecular flexibility index (Phi) is 3.83. The van der Waals surface area contributed by atoms with Gasteiger partial charge in [0.05, 0.1) is 10.1 Å². The Balaban J connectivity index is 1.95. The van der Waals surface area contributed by atoms with Gasteiger partial charge >= 0.3 is 0 Å². The van der Waals surface area contributed by atoms with Crippen LogP contribution in [0, 0.1) is 12.8 Å². The van der Waals surface area contributed by atoms with Crippen molar-refractivity contribution in [2.45, 2.75) is 23.0 Å². The SMILES string of the molecule is Cc1ccc(S(=O)(=O)[C@@H]2[C@@H](C=O)[C@H]2c2ccc(Cl)cc2)cc1. The lowest BCUT2D eigenvalue weighted by molar-refractivity contribution is -0.108. The third-order valence-corrected chi connectivity index (χ3v) is 6.63. The van der Waals surface area contributed by atoms with Crippen LogP contribution in [0.1, 0.15) is 17.0 Å². The molecule has 22 heavy (non-hydrogen) atoms. The van der Waals surface area contributed by atoms with Gasteiger partial charge in [0.1, 0.15) is 6.29 Å². The highest BCUT2D eigenvalue weighted by Crippen LogP contribution is 2.52. The predicted molar refractivity (Wildman–Crippen MR) is 85.9 cm³/mol. The molecule has 0 aliphatic heterocycles. The van der Waals surface area contributed by atoms with Crippen LogP contribution < -0.4 is 0 Å². The molecule has 0 aromatic heterocycles. The fraction of sp³-hybridized carbons (Fsp3) is 0.235. The molecule has 0 amide bonds. The van der Waals surface area contributed by atoms with Gasteiger partial charge in [-0.3, -0.25) is 0 Å². The Hall–Kier alpha value is -1.65. The molecule has 1 saturated carbocycles. The molecule has 1 aliphatic rings. The van der Waals surface area contributed by atoms with Gasteiger partial charge in [0.25, 0.3) is 0 Å². The third-order valence-electron chi connectivity index (χ3n) is 4.13. The van der Waals surface area contributed by atoms with Crippen LogP contribution in [0.25, 0.3) is 0 Å². The Morgan fingerprint density at radius 3 is 2.14 bits per heavy atom. The Bertz CT molecular complexity index is 795. The van der Waals surface area contributed by atoms with E-state index >= 15 is 0 Å². The number of aryl methyl sites for hydroxylation is 1. The van der Waals surface area contributed by atoms with Gasteiger partial charge in [0.2, 0.25) is 0 Å². The molecule has 0 spiro atoms. The summed E-state index contributed by atoms with van der Waals surface area (Å²) in [6.07, 6.45) is 0.746. The van der Waals surface area contributed by atoms with E-state index < -0.39 is 21.0 Å². The summed E-state index contributed by atoms with van der Waals surface area (Å²) >= 11 is 5.86. The summed E-state index contributed by atoms with van der Waals surface area (Å²) in [7, 11) is -3.52. The zero-order chi connectivity index (χ0) is 15.9. The molecule has 114 valence electrons. The maximum atomic E-state index is 12.7. The molecular weight excluding hydrogens is 320 g/mol. The molecule has 3 atom stereocenters. The van der Waals surface area contributed by atoms with Gasteiger partial charge in [0, 0.05) is 16.9 Å². The van der Waals surface area contributed by atoms with Gasteiger partial charge in [-0.25, -0.2) is 8.42 Å². The number of benzene rings is 2. The zero-order valence-electron chi connectivity index (χ0n) is 11.9. The van der Waals surface area contributed by atoms with Gasteiger partial charge in [-0.05, 0) is 36.8 Å². The van der Waals surface area contributed by atoms with Gasteiger partial charge in [0.15, 0.2) is 9.84 Å². The van der Waals surface area contributed by atoms with Crippen molar-refractivity contribution in [2.75, 3.05) is 0 Å². The van der Waals surface area contributed by atoms with Crippen LogP contribution in [0.2, 0.25) is 5.02 Å². The lowest BCUT2D eigenvalue weighted by Crippen LogP contribution is -2.11. The quantitative estimate of drug-likeness (QED) is 0.805. The fourth-order valence-corrected chi connectivity index (χ4v) is 5.09. The van der Waals surface area contributed by atoms with E-state index in [-0.39, 0.29) is 10.8 Å². The summed E-state index contributed by atoms with van der Waals surface area (Å²) in [6, 6.07) is 13.7. The van der Waals surface area contributed by atoms with E-state index in [9.17, 15) is 13.2 Å². The lowest BCUT2D eigenvalue weighted by Gasteiger charge is -2.05. The number of hydrogen-bond donors (Lipinski definition) is 0. The van der Waals surface area contributed by atoms with E-state index in [0.717, 1.165) is 17.4 Å². The number of aldehydes is 1. The smallest absolute Gasteiger partial charge is 0.182 e. The number of carbonyl (C=O) groups is 1. The van der Waals surface area contributed by atoms with E-state index in [1.54, 1.807) is 48.5 Å². The van der Waals surface area contributed by atoms with E-state index in [1.807, 2.05) is 6.92 Å². The molecule has 3 rings (SSSR count). The Morgan fingerprint density at radius 1 is 1.00 bits per heavy atom. The highest BCUT2D eigenvalue weighted by molar-refractivity contribution is 7.92. The molecular formula is C17H15ClO3S. The van der Waals surface area contributed by atoms with Crippen molar-refractivity contribution in [1.29, 1.82) is 0 Å². The zero-order valence-corrected chi connectivity index (χ0v) is 13.5. The second kappa shape index (κ2) is 5.52. The fourth-order valence-electron chi connectivity index (χ4n) is 2.85. The molecule has 5 heteroatoms. The van der Waals surface area contributed by atoms with Crippen molar-refractivity contribution in [3.63, 3.8) is 0 Å². The summed E-state index contributed by atoms with van der Waals surface area (Å²) in [5.41, 5.74) is 1.83. The van der Waals surface area contributed by atoms with Crippen molar-refractivity contribution in [3.05, 3.63) is 64.7 Å². The number of carbonyl (C=O) groups excluding carboxylic acids is 1. The first-order valence-corrected chi connectivity index (χ1v) is 8.89. The van der Waals surface area contributed by atoms with E-state index in [0.29, 0.717) is 5.02 Å². The van der Waals surface area contributed by atoms with Crippen LogP contribution in [0.15, 0.2) is 53.4 Å². The monoisotopic (exact) mass is 334 g/mol. The molecule has 2 aromatic rings. The molecule has 2 aromatic carbocycles. The molecule has 0 saturated heterocycles. The molecule has 0 unspecified atom stereocenters. The van der Waals surface area contributed by atoms with Crippen molar-refractivity contribution in [3.8, 4) is 0 Å². The summed E-state index contributed by atoms with van der Waals surface area (Å²) in [5.74, 6) is -0.784. The summed E-state index contributed by atoms with van der Waals surface area (Å²) < 4.78 is 25.5. The standard InChI is InChI=1S/C17H15ClO3S/c1-11-2-8-14(9-3-11)22(20,21)17-15(10-19)16(17)12-4-6-13(18)7-5-12/h2-10,15-17H,1H3/t15-,16+,17+/m0/s1. The molecule has 0 bridgehead atoms. The Labute approximate surface area is 134 Å². The van der Waals surface area contributed by atoms with Crippen LogP contribution in [0.3, 0.4) is 0 Å². The summed E-state index contributed by atoms with van der Waals surface area (Å²) in [5, 5.41) is -0.0983. The third kappa shape index (κ3) is 2.57. The van der Waals surface area contributed by atoms with Crippen LogP contribution >= 0.6 is 11.6 Å². The van der Waals surface area contributed by atoms with E-state index in [1.165, 1.54) is 0 Å². The van der Waals surface area contributed by atoms with Gasteiger partial charge in [-0.1, -0.05) is 41.4 Å². The van der Waals surface area contributed by atoms with Crippen molar-refractivity contribution >= 4 is 27.7 Å². The Morgan fingerprint density at radius 2 is 1.59 bits per heavy atom. The molecule has 3 nitrogen and oxygen atoms in total. The molecule has 0 N–H and O–H groups in total. The molecule has 1 aliphatic carbocycles. The second-order valence-corrected chi connectivity index (χ2v) is 8.16. The van der Waals surface area contributed by atoms with Gasteiger partial charge < -0.3 is 4.79 Å². The lowest BCUT2D eigenvalue weighted by atomic mass is 10.1. The number of sulfone groups is 1. The normalized spacial score (nSPS) is 24.0. The molecule has 1 fully saturated rings. The minimum Gasteiger partial charge on any atom is -0.303 e. The maximum Gasteiger partial charge on any atom is 0.182 e. The van der Waals surface area contributed by atoms with Crippen LogP contribution in [0.5, 0.6) is 0 Å². The first-order valence-electron chi connectivity index (χ1n) is 6.96. The number of hydrogen-bond acceptors (Lipinski definition) is 3. The van der Waals surface area contributed by atoms with Gasteiger partial charge in [-0.2, -0.15) is 0 Å². The minimum atomic E-state index is -3.52. The largest absolute Gasteiger partial charge is 0.303 e. The average molecular weight is 335 g/mol. The van der Waals surface area contributed by atoms with Crippen LogP contribution in [-0.4, -0.2) is 20.0 Å². The van der Waals surface area contributed by atoms with Crippen molar-refractivity contribution in [1.82, 2.24) is 0 Å². The maximum absolute atomic E-state index is 12.7. The minimum absolute atomic E-state index is 0.270. The average Bonchev–Trinajstić information content (AvgIpc) is 3.24. The van der Waals surface area contributed by atoms with Gasteiger partial charge in [-0.15, -0.1) is 0 Å². The first-order chi connectivity index (χ1) is 10.4. The highest BCUT2D eigenvalue weighted by atomic mass is 35.5. The van der Waals surface area contributed by atoms with Crippen molar-refractivity contribution in [2.24, 2.45) is 5.92 Å². The van der Waals surface area contributed by atoms with Crippen LogP contribution in [-0.2, 0) is 14.6 Å². The van der Waals surface area contributed by atoms with E-state index in [4.69, 9.17) is 11.6 Å². The molecule has 0 radical (unpaired) electrons. The van der Waals surface area contributed by atoms with Crippen molar-refractivity contribution < 1.29 is 13.2 Å². The highest BCUT2D eigenvalue weighted by Gasteiger charge is 2.58. The number of halogens is 1. The van der Waals surface area contributed by atoms with E-state index in [2.05, 4.69) is 0 Å². The predicted octanol–water partition coefficient (Wildman–Crippen LogP) is 3.40.